The number of thiophene rings is 1. The molecule has 1 N–H and O–H groups in total. The second kappa shape index (κ2) is 5.19. The van der Waals surface area contributed by atoms with Crippen LogP contribution in [-0.4, -0.2) is 29.6 Å². The SMILES string of the molecule is c1cc(CN(C2CC2)C2CCC2CNC2CC2)cs1. The summed E-state index contributed by atoms with van der Waals surface area (Å²) in [5, 5.41) is 8.28. The lowest BCUT2D eigenvalue weighted by Crippen LogP contribution is -2.51. The average molecular weight is 276 g/mol. The Morgan fingerprint density at radius 1 is 1.16 bits per heavy atom. The maximum atomic E-state index is 3.74. The monoisotopic (exact) mass is 276 g/mol. The highest BCUT2D eigenvalue weighted by Gasteiger charge is 2.42. The van der Waals surface area contributed by atoms with Crippen molar-refractivity contribution < 1.29 is 0 Å². The van der Waals surface area contributed by atoms with Crippen molar-refractivity contribution in [2.24, 2.45) is 5.92 Å². The largest absolute Gasteiger partial charge is 0.314 e. The van der Waals surface area contributed by atoms with E-state index >= 15 is 0 Å². The summed E-state index contributed by atoms with van der Waals surface area (Å²) in [7, 11) is 0. The third-order valence-corrected chi connectivity index (χ3v) is 5.74. The van der Waals surface area contributed by atoms with Gasteiger partial charge in [-0.1, -0.05) is 0 Å². The molecule has 3 saturated carbocycles. The fourth-order valence-corrected chi connectivity index (χ4v) is 4.01. The molecule has 0 aliphatic heterocycles. The first-order valence-corrected chi connectivity index (χ1v) is 8.84. The summed E-state index contributed by atoms with van der Waals surface area (Å²) in [4.78, 5) is 2.82. The molecule has 0 spiro atoms. The van der Waals surface area contributed by atoms with E-state index in [0.29, 0.717) is 0 Å². The van der Waals surface area contributed by atoms with Crippen LogP contribution in [0.25, 0.3) is 0 Å². The van der Waals surface area contributed by atoms with Gasteiger partial charge in [0.15, 0.2) is 0 Å². The van der Waals surface area contributed by atoms with Crippen molar-refractivity contribution >= 4 is 11.3 Å². The van der Waals surface area contributed by atoms with E-state index in [1.807, 2.05) is 11.3 Å². The molecule has 0 bridgehead atoms. The molecule has 1 aromatic heterocycles. The maximum Gasteiger partial charge on any atom is 0.0247 e. The van der Waals surface area contributed by atoms with Crippen LogP contribution in [0.1, 0.15) is 44.1 Å². The Morgan fingerprint density at radius 3 is 2.63 bits per heavy atom. The fraction of sp³-hybridized carbons (Fsp3) is 0.750. The molecule has 0 saturated heterocycles. The molecule has 0 amide bonds. The molecular weight excluding hydrogens is 252 g/mol. The van der Waals surface area contributed by atoms with Crippen molar-refractivity contribution in [1.82, 2.24) is 10.2 Å². The molecule has 3 fully saturated rings. The van der Waals surface area contributed by atoms with Crippen molar-refractivity contribution in [1.29, 1.82) is 0 Å². The lowest BCUT2D eigenvalue weighted by atomic mass is 9.78. The van der Waals surface area contributed by atoms with Gasteiger partial charge in [-0.25, -0.2) is 0 Å². The first-order valence-electron chi connectivity index (χ1n) is 7.90. The minimum atomic E-state index is 0.860. The predicted molar refractivity (Wildman–Crippen MR) is 80.4 cm³/mol. The molecule has 3 aliphatic carbocycles. The normalized spacial score (nSPS) is 30.6. The average Bonchev–Trinajstić information content (AvgIpc) is 3.29. The molecule has 19 heavy (non-hydrogen) atoms. The van der Waals surface area contributed by atoms with Gasteiger partial charge in [0.05, 0.1) is 0 Å². The van der Waals surface area contributed by atoms with Gasteiger partial charge in [-0.2, -0.15) is 11.3 Å². The van der Waals surface area contributed by atoms with Gasteiger partial charge in [0, 0.05) is 24.7 Å². The minimum absolute atomic E-state index is 0.860. The van der Waals surface area contributed by atoms with Gasteiger partial charge >= 0.3 is 0 Å². The highest BCUT2D eigenvalue weighted by atomic mass is 32.1. The van der Waals surface area contributed by atoms with E-state index in [2.05, 4.69) is 27.0 Å². The quantitative estimate of drug-likeness (QED) is 0.822. The van der Waals surface area contributed by atoms with Crippen LogP contribution in [0.2, 0.25) is 0 Å². The van der Waals surface area contributed by atoms with Gasteiger partial charge in [0.25, 0.3) is 0 Å². The molecule has 1 heterocycles. The first kappa shape index (κ1) is 12.4. The molecule has 4 rings (SSSR count). The summed E-state index contributed by atoms with van der Waals surface area (Å²) in [6, 6.07) is 4.93. The number of nitrogens with one attached hydrogen (secondary N) is 1. The number of hydrogen-bond donors (Lipinski definition) is 1. The van der Waals surface area contributed by atoms with Crippen LogP contribution in [0.15, 0.2) is 16.8 Å². The topological polar surface area (TPSA) is 15.3 Å². The molecule has 3 aliphatic rings. The van der Waals surface area contributed by atoms with E-state index in [-0.39, 0.29) is 0 Å². The third-order valence-electron chi connectivity index (χ3n) is 5.01. The van der Waals surface area contributed by atoms with E-state index in [1.54, 1.807) is 0 Å². The summed E-state index contributed by atoms with van der Waals surface area (Å²) in [5.41, 5.74) is 1.53. The van der Waals surface area contributed by atoms with Gasteiger partial charge < -0.3 is 5.32 Å². The van der Waals surface area contributed by atoms with Gasteiger partial charge in [-0.3, -0.25) is 4.90 Å². The van der Waals surface area contributed by atoms with Crippen LogP contribution < -0.4 is 5.32 Å². The van der Waals surface area contributed by atoms with E-state index < -0.39 is 0 Å². The summed E-state index contributed by atoms with van der Waals surface area (Å²) in [6.45, 7) is 2.46. The van der Waals surface area contributed by atoms with Gasteiger partial charge in [-0.15, -0.1) is 0 Å². The zero-order valence-corrected chi connectivity index (χ0v) is 12.4. The molecule has 2 nitrogen and oxygen atoms in total. The molecule has 1 aromatic rings. The van der Waals surface area contributed by atoms with E-state index in [1.165, 1.54) is 57.2 Å². The Labute approximate surface area is 120 Å². The fourth-order valence-electron chi connectivity index (χ4n) is 3.35. The lowest BCUT2D eigenvalue weighted by molar-refractivity contribution is 0.0483. The minimum Gasteiger partial charge on any atom is -0.314 e. The van der Waals surface area contributed by atoms with Crippen LogP contribution in [0.5, 0.6) is 0 Å². The van der Waals surface area contributed by atoms with Crippen LogP contribution in [0, 0.1) is 5.92 Å². The highest BCUT2D eigenvalue weighted by molar-refractivity contribution is 7.07. The molecule has 104 valence electrons. The van der Waals surface area contributed by atoms with Gasteiger partial charge in [-0.05, 0) is 73.4 Å². The predicted octanol–water partition coefficient (Wildman–Crippen LogP) is 3.24. The number of nitrogens with zero attached hydrogens (tertiary/aromatic N) is 1. The van der Waals surface area contributed by atoms with Crippen LogP contribution >= 0.6 is 11.3 Å². The molecule has 3 heteroatoms. The smallest absolute Gasteiger partial charge is 0.0247 e. The van der Waals surface area contributed by atoms with Crippen molar-refractivity contribution in [2.45, 2.75) is 63.2 Å². The maximum absolute atomic E-state index is 3.74. The second-order valence-electron chi connectivity index (χ2n) is 6.62. The first-order chi connectivity index (χ1) is 9.40. The third kappa shape index (κ3) is 2.88. The summed E-state index contributed by atoms with van der Waals surface area (Å²) in [5.74, 6) is 0.917. The summed E-state index contributed by atoms with van der Waals surface area (Å²) >= 11 is 1.84. The molecule has 0 radical (unpaired) electrons. The van der Waals surface area contributed by atoms with Crippen LogP contribution in [0.4, 0.5) is 0 Å². The molecular formula is C16H24N2S. The number of hydrogen-bond acceptors (Lipinski definition) is 3. The Kier molecular flexibility index (Phi) is 3.38. The van der Waals surface area contributed by atoms with Gasteiger partial charge in [0.2, 0.25) is 0 Å². The Bertz CT molecular complexity index is 408. The zero-order valence-electron chi connectivity index (χ0n) is 11.6. The Hall–Kier alpha value is -0.380. The summed E-state index contributed by atoms with van der Waals surface area (Å²) in [6.07, 6.45) is 8.57. The van der Waals surface area contributed by atoms with E-state index in [9.17, 15) is 0 Å². The molecule has 2 unspecified atom stereocenters. The zero-order chi connectivity index (χ0) is 12.7. The Balaban J connectivity index is 1.36. The van der Waals surface area contributed by atoms with Crippen molar-refractivity contribution in [2.75, 3.05) is 6.54 Å². The highest BCUT2D eigenvalue weighted by Crippen LogP contribution is 2.40. The van der Waals surface area contributed by atoms with Crippen molar-refractivity contribution in [3.05, 3.63) is 22.4 Å². The van der Waals surface area contributed by atoms with Crippen LogP contribution in [-0.2, 0) is 6.54 Å². The van der Waals surface area contributed by atoms with Crippen molar-refractivity contribution in [3.8, 4) is 0 Å². The molecule has 0 aromatic carbocycles. The van der Waals surface area contributed by atoms with Gasteiger partial charge in [0.1, 0.15) is 0 Å². The lowest BCUT2D eigenvalue weighted by Gasteiger charge is -2.45. The Morgan fingerprint density at radius 2 is 2.05 bits per heavy atom. The van der Waals surface area contributed by atoms with E-state index in [0.717, 1.165) is 24.0 Å². The van der Waals surface area contributed by atoms with Crippen molar-refractivity contribution in [3.63, 3.8) is 0 Å². The standard InChI is InChI=1S/C16H24N2S/c1-6-16(13(1)9-17-14-2-3-14)18(15-4-5-15)10-12-7-8-19-11-12/h7-8,11,13-17H,1-6,9-10H2. The second-order valence-corrected chi connectivity index (χ2v) is 7.40. The molecule has 2 atom stereocenters. The number of rotatable bonds is 7. The summed E-state index contributed by atoms with van der Waals surface area (Å²) < 4.78 is 0. The van der Waals surface area contributed by atoms with E-state index in [4.69, 9.17) is 0 Å². The van der Waals surface area contributed by atoms with Crippen LogP contribution in [0.3, 0.4) is 0 Å².